The second-order valence-electron chi connectivity index (χ2n) is 1.98. The fraction of sp³-hybridized carbons (Fsp3) is 0. The van der Waals surface area contributed by atoms with Crippen molar-refractivity contribution in [2.75, 3.05) is 0 Å². The van der Waals surface area contributed by atoms with Gasteiger partial charge in [0.05, 0.1) is 11.9 Å². The molecule has 0 N–H and O–H groups in total. The SMILES string of the molecule is N#CC#C/C(=C/[O-])c1cnccn1.[K+]. The zero-order valence-corrected chi connectivity index (χ0v) is 10.7. The van der Waals surface area contributed by atoms with Crippen LogP contribution < -0.4 is 56.5 Å². The number of aromatic nitrogens is 2. The number of allylic oxidation sites excluding steroid dienone is 1. The molecule has 0 atom stereocenters. The maximum atomic E-state index is 10.5. The number of nitriles is 1. The van der Waals surface area contributed by atoms with Gasteiger partial charge in [-0.1, -0.05) is 0 Å². The molecule has 0 aliphatic rings. The summed E-state index contributed by atoms with van der Waals surface area (Å²) >= 11 is 0. The van der Waals surface area contributed by atoms with Gasteiger partial charge in [-0.15, -0.1) is 6.26 Å². The van der Waals surface area contributed by atoms with Crippen LogP contribution in [0.1, 0.15) is 5.69 Å². The molecule has 0 saturated carbocycles. The minimum Gasteiger partial charge on any atom is -0.877 e. The molecule has 1 aromatic heterocycles. The number of hydrogen-bond acceptors (Lipinski definition) is 4. The Hall–Kier alpha value is -0.694. The van der Waals surface area contributed by atoms with Crippen LogP contribution in [0.25, 0.3) is 5.57 Å². The number of rotatable bonds is 1. The summed E-state index contributed by atoms with van der Waals surface area (Å²) in [6, 6.07) is 1.61. The summed E-state index contributed by atoms with van der Waals surface area (Å²) in [4.78, 5) is 7.63. The Morgan fingerprint density at radius 2 is 2.29 bits per heavy atom. The molecule has 1 rings (SSSR count). The third-order valence-corrected chi connectivity index (χ3v) is 1.21. The van der Waals surface area contributed by atoms with Gasteiger partial charge in [0.15, 0.2) is 6.07 Å². The Labute approximate surface area is 124 Å². The zero-order chi connectivity index (χ0) is 9.52. The van der Waals surface area contributed by atoms with Crippen LogP contribution in [0.3, 0.4) is 0 Å². The summed E-state index contributed by atoms with van der Waals surface area (Å²) in [5.74, 6) is 4.49. The Morgan fingerprint density at radius 3 is 2.79 bits per heavy atom. The van der Waals surface area contributed by atoms with Gasteiger partial charge >= 0.3 is 51.4 Å². The van der Waals surface area contributed by atoms with Crippen LogP contribution in [-0.2, 0) is 0 Å². The second kappa shape index (κ2) is 7.69. The molecule has 0 unspecified atom stereocenters. The molecule has 5 heteroatoms. The summed E-state index contributed by atoms with van der Waals surface area (Å²) < 4.78 is 0. The molecule has 14 heavy (non-hydrogen) atoms. The normalized spacial score (nSPS) is 8.93. The van der Waals surface area contributed by atoms with Crippen molar-refractivity contribution < 1.29 is 56.5 Å². The van der Waals surface area contributed by atoms with Crippen LogP contribution in [0.2, 0.25) is 0 Å². The van der Waals surface area contributed by atoms with Crippen molar-refractivity contribution in [1.29, 1.82) is 5.26 Å². The van der Waals surface area contributed by atoms with Crippen LogP contribution >= 0.6 is 0 Å². The van der Waals surface area contributed by atoms with Crippen molar-refractivity contribution in [3.05, 3.63) is 30.5 Å². The van der Waals surface area contributed by atoms with Gasteiger partial charge in [0.1, 0.15) is 0 Å². The van der Waals surface area contributed by atoms with E-state index in [1.807, 2.05) is 0 Å². The molecule has 0 spiro atoms. The van der Waals surface area contributed by atoms with Crippen molar-refractivity contribution in [2.24, 2.45) is 0 Å². The Balaban J connectivity index is 0.00000169. The fourth-order valence-corrected chi connectivity index (χ4v) is 0.687. The second-order valence-corrected chi connectivity index (χ2v) is 1.98. The van der Waals surface area contributed by atoms with E-state index in [4.69, 9.17) is 5.26 Å². The largest absolute Gasteiger partial charge is 1.00 e. The summed E-state index contributed by atoms with van der Waals surface area (Å²) in [7, 11) is 0. The van der Waals surface area contributed by atoms with Gasteiger partial charge in [-0.3, -0.25) is 9.97 Å². The minimum atomic E-state index is 0. The van der Waals surface area contributed by atoms with Gasteiger partial charge in [0, 0.05) is 23.9 Å². The van der Waals surface area contributed by atoms with E-state index in [1.54, 1.807) is 6.07 Å². The maximum Gasteiger partial charge on any atom is 1.00 e. The first-order chi connectivity index (χ1) is 6.38. The molecule has 0 aliphatic heterocycles. The molecule has 1 heterocycles. The first-order valence-electron chi connectivity index (χ1n) is 3.37. The third kappa shape index (κ3) is 4.01. The standard InChI is InChI=1S/C9H5N3O.K/c10-3-1-2-8(7-13)9-6-11-4-5-12-9;/h4-7,13H;/q;+1/p-1/b8-7-;. The van der Waals surface area contributed by atoms with Gasteiger partial charge in [-0.05, 0) is 5.92 Å². The Morgan fingerprint density at radius 1 is 1.50 bits per heavy atom. The van der Waals surface area contributed by atoms with Crippen molar-refractivity contribution >= 4 is 5.57 Å². The van der Waals surface area contributed by atoms with E-state index < -0.39 is 0 Å². The smallest absolute Gasteiger partial charge is 0.877 e. The quantitative estimate of drug-likeness (QED) is 0.276. The van der Waals surface area contributed by atoms with Crippen LogP contribution in [0.4, 0.5) is 0 Å². The molecular formula is C9H4KN3O. The molecule has 0 saturated heterocycles. The van der Waals surface area contributed by atoms with Gasteiger partial charge < -0.3 is 5.11 Å². The van der Waals surface area contributed by atoms with Gasteiger partial charge in [0.25, 0.3) is 0 Å². The van der Waals surface area contributed by atoms with Crippen molar-refractivity contribution in [1.82, 2.24) is 9.97 Å². The molecule has 0 aliphatic carbocycles. The molecule has 0 bridgehead atoms. The Bertz CT molecular complexity index is 411. The molecule has 0 radical (unpaired) electrons. The molecule has 1 aromatic rings. The molecule has 0 aromatic carbocycles. The van der Waals surface area contributed by atoms with Crippen LogP contribution in [-0.4, -0.2) is 9.97 Å². The van der Waals surface area contributed by atoms with E-state index >= 15 is 0 Å². The van der Waals surface area contributed by atoms with Crippen molar-refractivity contribution in [2.45, 2.75) is 0 Å². The van der Waals surface area contributed by atoms with E-state index in [-0.39, 0.29) is 57.0 Å². The molecule has 0 amide bonds. The topological polar surface area (TPSA) is 72.6 Å². The van der Waals surface area contributed by atoms with Crippen LogP contribution in [0.5, 0.6) is 0 Å². The van der Waals surface area contributed by atoms with Crippen molar-refractivity contribution in [3.63, 3.8) is 0 Å². The van der Waals surface area contributed by atoms with E-state index in [9.17, 15) is 5.11 Å². The zero-order valence-electron chi connectivity index (χ0n) is 7.56. The summed E-state index contributed by atoms with van der Waals surface area (Å²) in [5, 5.41) is 18.7. The fourth-order valence-electron chi connectivity index (χ4n) is 0.687. The van der Waals surface area contributed by atoms with Crippen LogP contribution in [0.15, 0.2) is 24.9 Å². The summed E-state index contributed by atoms with van der Waals surface area (Å²) in [6.45, 7) is 0. The Kier molecular flexibility index (Phi) is 7.31. The monoisotopic (exact) mass is 209 g/mol. The average molecular weight is 209 g/mol. The minimum absolute atomic E-state index is 0. The van der Waals surface area contributed by atoms with Crippen LogP contribution in [0, 0.1) is 23.2 Å². The van der Waals surface area contributed by atoms with Gasteiger partial charge in [0.2, 0.25) is 0 Å². The predicted octanol–water partition coefficient (Wildman–Crippen LogP) is -3.29. The first kappa shape index (κ1) is 13.3. The third-order valence-electron chi connectivity index (χ3n) is 1.21. The molecule has 4 nitrogen and oxygen atoms in total. The summed E-state index contributed by atoms with van der Waals surface area (Å²) in [6.07, 6.45) is 4.90. The van der Waals surface area contributed by atoms with E-state index in [0.717, 1.165) is 0 Å². The maximum absolute atomic E-state index is 10.5. The van der Waals surface area contributed by atoms with Crippen molar-refractivity contribution in [3.8, 4) is 17.9 Å². The summed E-state index contributed by atoms with van der Waals surface area (Å²) in [5.41, 5.74) is 0.537. The van der Waals surface area contributed by atoms with Gasteiger partial charge in [-0.2, -0.15) is 5.26 Å². The van der Waals surface area contributed by atoms with E-state index in [2.05, 4.69) is 21.8 Å². The average Bonchev–Trinajstić information content (AvgIpc) is 2.21. The van der Waals surface area contributed by atoms with E-state index in [0.29, 0.717) is 12.0 Å². The van der Waals surface area contributed by atoms with Gasteiger partial charge in [-0.25, -0.2) is 0 Å². The predicted molar refractivity (Wildman–Crippen MR) is 43.4 cm³/mol. The molecule has 0 fully saturated rings. The number of hydrogen-bond donors (Lipinski definition) is 0. The van der Waals surface area contributed by atoms with E-state index in [1.165, 1.54) is 18.6 Å². The molecule has 62 valence electrons. The number of nitrogens with zero attached hydrogens (tertiary/aromatic N) is 3. The first-order valence-corrected chi connectivity index (χ1v) is 3.37. The molecular weight excluding hydrogens is 205 g/mol.